The van der Waals surface area contributed by atoms with Crippen LogP contribution in [0.15, 0.2) is 60.7 Å². The molecular formula is C18H21. The van der Waals surface area contributed by atoms with Gasteiger partial charge in [0.2, 0.25) is 0 Å². The average Bonchev–Trinajstić information content (AvgIpc) is 2.41. The van der Waals surface area contributed by atoms with Crippen LogP contribution in [0, 0.1) is 11.3 Å². The summed E-state index contributed by atoms with van der Waals surface area (Å²) < 4.78 is 0. The van der Waals surface area contributed by atoms with Crippen LogP contribution < -0.4 is 0 Å². The normalized spacial score (nSPS) is 11.8. The molecule has 0 aliphatic carbocycles. The van der Waals surface area contributed by atoms with Crippen molar-refractivity contribution >= 4 is 0 Å². The third kappa shape index (κ3) is 2.64. The molecule has 2 aromatic rings. The fraction of sp³-hybridized carbons (Fsp3) is 0.278. The second-order valence-corrected chi connectivity index (χ2v) is 5.34. The number of hydrogen-bond donors (Lipinski definition) is 0. The smallest absolute Gasteiger partial charge is 0.0395 e. The zero-order valence-corrected chi connectivity index (χ0v) is 11.5. The molecule has 2 rings (SSSR count). The summed E-state index contributed by atoms with van der Waals surface area (Å²) >= 11 is 0. The first-order chi connectivity index (χ1) is 8.65. The minimum Gasteiger partial charge on any atom is -0.0648 e. The predicted octanol–water partition coefficient (Wildman–Crippen LogP) is 5.09. The van der Waals surface area contributed by atoms with Crippen molar-refractivity contribution in [2.24, 2.45) is 5.41 Å². The molecule has 0 saturated heterocycles. The molecule has 0 aliphatic heterocycles. The summed E-state index contributed by atoms with van der Waals surface area (Å²) in [5.74, 6) is 1.44. The summed E-state index contributed by atoms with van der Waals surface area (Å²) in [7, 11) is 0. The van der Waals surface area contributed by atoms with Crippen molar-refractivity contribution in [1.82, 2.24) is 0 Å². The van der Waals surface area contributed by atoms with E-state index in [0.29, 0.717) is 0 Å². The Labute approximate surface area is 111 Å². The van der Waals surface area contributed by atoms with Crippen molar-refractivity contribution in [3.63, 3.8) is 0 Å². The summed E-state index contributed by atoms with van der Waals surface area (Å²) in [6.45, 7) is 6.90. The molecule has 0 aromatic heterocycles. The fourth-order valence-corrected chi connectivity index (χ4v) is 2.33. The lowest BCUT2D eigenvalue weighted by atomic mass is 9.70. The van der Waals surface area contributed by atoms with E-state index in [1.165, 1.54) is 17.0 Å². The topological polar surface area (TPSA) is 0 Å². The molecule has 0 unspecified atom stereocenters. The molecule has 0 spiro atoms. The Morgan fingerprint density at radius 2 is 1.17 bits per heavy atom. The van der Waals surface area contributed by atoms with Crippen LogP contribution in [0.5, 0.6) is 0 Å². The van der Waals surface area contributed by atoms with Crippen LogP contribution in [0.4, 0.5) is 0 Å². The Balaban J connectivity index is 2.49. The highest BCUT2D eigenvalue weighted by Crippen LogP contribution is 2.41. The Hall–Kier alpha value is -1.56. The van der Waals surface area contributed by atoms with Gasteiger partial charge in [0, 0.05) is 5.92 Å². The summed E-state index contributed by atoms with van der Waals surface area (Å²) in [4.78, 5) is 0. The summed E-state index contributed by atoms with van der Waals surface area (Å²) in [6, 6.07) is 21.4. The zero-order valence-electron chi connectivity index (χ0n) is 11.5. The molecule has 0 amide bonds. The Bertz CT molecular complexity index is 428. The van der Waals surface area contributed by atoms with Crippen molar-refractivity contribution in [3.8, 4) is 0 Å². The van der Waals surface area contributed by atoms with Crippen molar-refractivity contribution < 1.29 is 0 Å². The second kappa shape index (κ2) is 5.39. The van der Waals surface area contributed by atoms with Gasteiger partial charge in [-0.25, -0.2) is 0 Å². The standard InChI is InChI=1S/C18H21/c1-4-18(2,3)17(15-11-7-5-8-12-15)16-13-9-6-10-14-16/h5-14H,4H2,1-3H3. The monoisotopic (exact) mass is 237 g/mol. The molecule has 0 heteroatoms. The average molecular weight is 237 g/mol. The molecule has 0 saturated carbocycles. The summed E-state index contributed by atoms with van der Waals surface area (Å²) in [6.07, 6.45) is 1.13. The molecule has 0 heterocycles. The van der Waals surface area contributed by atoms with Crippen LogP contribution in [-0.4, -0.2) is 0 Å². The third-order valence-electron chi connectivity index (χ3n) is 3.69. The third-order valence-corrected chi connectivity index (χ3v) is 3.69. The lowest BCUT2D eigenvalue weighted by Gasteiger charge is -2.33. The summed E-state index contributed by atoms with van der Waals surface area (Å²) in [5, 5.41) is 0. The van der Waals surface area contributed by atoms with Gasteiger partial charge in [0.05, 0.1) is 0 Å². The molecule has 0 fully saturated rings. The maximum atomic E-state index is 2.32. The van der Waals surface area contributed by atoms with Gasteiger partial charge in [0.1, 0.15) is 0 Å². The van der Waals surface area contributed by atoms with Crippen molar-refractivity contribution in [1.29, 1.82) is 0 Å². The molecule has 0 N–H and O–H groups in total. The van der Waals surface area contributed by atoms with Crippen LogP contribution >= 0.6 is 0 Å². The Morgan fingerprint density at radius 3 is 1.50 bits per heavy atom. The highest BCUT2D eigenvalue weighted by atomic mass is 14.3. The predicted molar refractivity (Wildman–Crippen MR) is 78.4 cm³/mol. The first-order valence-electron chi connectivity index (χ1n) is 6.63. The van der Waals surface area contributed by atoms with E-state index >= 15 is 0 Å². The van der Waals surface area contributed by atoms with E-state index in [0.717, 1.165) is 6.42 Å². The number of benzene rings is 2. The largest absolute Gasteiger partial charge is 0.0648 e. The van der Waals surface area contributed by atoms with Gasteiger partial charge in [-0.05, 0) is 23.0 Å². The van der Waals surface area contributed by atoms with E-state index in [1.54, 1.807) is 0 Å². The van der Waals surface area contributed by atoms with Crippen LogP contribution in [0.3, 0.4) is 0 Å². The van der Waals surface area contributed by atoms with E-state index in [-0.39, 0.29) is 5.41 Å². The van der Waals surface area contributed by atoms with Gasteiger partial charge < -0.3 is 0 Å². The van der Waals surface area contributed by atoms with Gasteiger partial charge in [0.25, 0.3) is 0 Å². The minimum atomic E-state index is 0.183. The van der Waals surface area contributed by atoms with Crippen molar-refractivity contribution in [2.75, 3.05) is 0 Å². The number of rotatable bonds is 4. The first-order valence-corrected chi connectivity index (χ1v) is 6.63. The molecule has 0 nitrogen and oxygen atoms in total. The van der Waals surface area contributed by atoms with Crippen molar-refractivity contribution in [2.45, 2.75) is 27.2 Å². The Kier molecular flexibility index (Phi) is 3.86. The first kappa shape index (κ1) is 12.9. The zero-order chi connectivity index (χ0) is 13.0. The van der Waals surface area contributed by atoms with Crippen LogP contribution in [0.25, 0.3) is 0 Å². The van der Waals surface area contributed by atoms with Gasteiger partial charge in [-0.1, -0.05) is 81.4 Å². The molecule has 0 bridgehead atoms. The highest BCUT2D eigenvalue weighted by molar-refractivity contribution is 5.48. The minimum absolute atomic E-state index is 0.183. The van der Waals surface area contributed by atoms with Crippen molar-refractivity contribution in [3.05, 3.63) is 77.7 Å². The molecule has 1 radical (unpaired) electrons. The van der Waals surface area contributed by atoms with Gasteiger partial charge in [0.15, 0.2) is 0 Å². The lowest BCUT2D eigenvalue weighted by Crippen LogP contribution is -2.23. The molecular weight excluding hydrogens is 216 g/mol. The second-order valence-electron chi connectivity index (χ2n) is 5.34. The van der Waals surface area contributed by atoms with Gasteiger partial charge in [-0.3, -0.25) is 0 Å². The summed E-state index contributed by atoms with van der Waals surface area (Å²) in [5.41, 5.74) is 2.84. The molecule has 93 valence electrons. The lowest BCUT2D eigenvalue weighted by molar-refractivity contribution is 0.395. The quantitative estimate of drug-likeness (QED) is 0.694. The van der Waals surface area contributed by atoms with E-state index in [1.807, 2.05) is 0 Å². The van der Waals surface area contributed by atoms with Gasteiger partial charge in [-0.2, -0.15) is 0 Å². The number of hydrogen-bond acceptors (Lipinski definition) is 0. The van der Waals surface area contributed by atoms with Crippen LogP contribution in [0.1, 0.15) is 38.3 Å². The molecule has 0 aliphatic rings. The Morgan fingerprint density at radius 1 is 0.778 bits per heavy atom. The van der Waals surface area contributed by atoms with Crippen LogP contribution in [-0.2, 0) is 0 Å². The highest BCUT2D eigenvalue weighted by Gasteiger charge is 2.30. The van der Waals surface area contributed by atoms with E-state index in [9.17, 15) is 0 Å². The van der Waals surface area contributed by atoms with E-state index in [2.05, 4.69) is 81.4 Å². The van der Waals surface area contributed by atoms with E-state index < -0.39 is 0 Å². The molecule has 2 aromatic carbocycles. The van der Waals surface area contributed by atoms with Crippen LogP contribution in [0.2, 0.25) is 0 Å². The van der Waals surface area contributed by atoms with Gasteiger partial charge >= 0.3 is 0 Å². The fourth-order valence-electron chi connectivity index (χ4n) is 2.33. The molecule has 0 atom stereocenters. The van der Waals surface area contributed by atoms with Gasteiger partial charge in [-0.15, -0.1) is 0 Å². The SMILES string of the molecule is CCC(C)(C)[C](c1ccccc1)c1ccccc1. The molecule has 18 heavy (non-hydrogen) atoms. The maximum Gasteiger partial charge on any atom is 0.0395 e. The van der Waals surface area contributed by atoms with E-state index in [4.69, 9.17) is 0 Å². The maximum absolute atomic E-state index is 2.32.